The number of carbonyl (C=O) groups is 1. The molecule has 0 aliphatic rings. The summed E-state index contributed by atoms with van der Waals surface area (Å²) in [4.78, 5) is 24.1. The van der Waals surface area contributed by atoms with Gasteiger partial charge in [0.25, 0.3) is 0 Å². The van der Waals surface area contributed by atoms with E-state index in [4.69, 9.17) is 11.6 Å². The number of aliphatic hydroxyl groups is 1. The lowest BCUT2D eigenvalue weighted by atomic mass is 10.0. The third-order valence-electron chi connectivity index (χ3n) is 5.34. The number of benzene rings is 2. The monoisotopic (exact) mass is 464 g/mol. The fourth-order valence-electron chi connectivity index (χ4n) is 3.55. The van der Waals surface area contributed by atoms with Gasteiger partial charge in [0.15, 0.2) is 5.82 Å². The Kier molecular flexibility index (Phi) is 6.10. The number of hydrogen-bond acceptors (Lipinski definition) is 6. The molecule has 2 heterocycles. The van der Waals surface area contributed by atoms with Crippen molar-refractivity contribution in [3.8, 4) is 11.1 Å². The number of halogens is 2. The van der Waals surface area contributed by atoms with Crippen LogP contribution in [-0.2, 0) is 5.60 Å². The van der Waals surface area contributed by atoms with E-state index in [0.717, 1.165) is 16.5 Å². The molecule has 33 heavy (non-hydrogen) atoms. The summed E-state index contributed by atoms with van der Waals surface area (Å²) in [6.45, 7) is 5.04. The first kappa shape index (κ1) is 22.8. The van der Waals surface area contributed by atoms with Crippen molar-refractivity contribution >= 4 is 34.5 Å². The van der Waals surface area contributed by atoms with Crippen molar-refractivity contribution in [2.45, 2.75) is 32.4 Å². The van der Waals surface area contributed by atoms with E-state index in [1.54, 1.807) is 33.2 Å². The van der Waals surface area contributed by atoms with Gasteiger partial charge in [-0.2, -0.15) is 0 Å². The van der Waals surface area contributed by atoms with Crippen LogP contribution in [-0.4, -0.2) is 26.3 Å². The molecule has 0 spiro atoms. The maximum atomic E-state index is 14.4. The molecule has 168 valence electrons. The van der Waals surface area contributed by atoms with Gasteiger partial charge in [-0.25, -0.2) is 14.4 Å². The summed E-state index contributed by atoms with van der Waals surface area (Å²) < 4.78 is 14.4. The molecule has 1 unspecified atom stereocenters. The van der Waals surface area contributed by atoms with Crippen LogP contribution in [0.5, 0.6) is 0 Å². The minimum atomic E-state index is -1.14. The SMILES string of the molecule is CC(Nc1c(Cl)cnc2ccc(-c3cnc(C(C)(C)O)nc3)cc12)c1cc(C=O)ccc1F. The molecule has 0 bridgehead atoms. The van der Waals surface area contributed by atoms with E-state index in [-0.39, 0.29) is 0 Å². The lowest BCUT2D eigenvalue weighted by molar-refractivity contribution is 0.0687. The van der Waals surface area contributed by atoms with Gasteiger partial charge in [0, 0.05) is 40.7 Å². The van der Waals surface area contributed by atoms with E-state index in [1.165, 1.54) is 24.4 Å². The topological polar surface area (TPSA) is 88.0 Å². The van der Waals surface area contributed by atoms with E-state index in [2.05, 4.69) is 20.3 Å². The number of aromatic nitrogens is 3. The lowest BCUT2D eigenvalue weighted by Crippen LogP contribution is -2.19. The van der Waals surface area contributed by atoms with E-state index >= 15 is 0 Å². The predicted molar refractivity (Wildman–Crippen MR) is 127 cm³/mol. The molecule has 0 saturated heterocycles. The second-order valence-electron chi connectivity index (χ2n) is 8.33. The minimum absolute atomic E-state index is 0.326. The molecule has 2 N–H and O–H groups in total. The average molecular weight is 465 g/mol. The Morgan fingerprint density at radius 1 is 1.06 bits per heavy atom. The maximum Gasteiger partial charge on any atom is 0.159 e. The molecule has 1 atom stereocenters. The molecular weight excluding hydrogens is 443 g/mol. The van der Waals surface area contributed by atoms with Crippen molar-refractivity contribution in [1.29, 1.82) is 0 Å². The smallest absolute Gasteiger partial charge is 0.159 e. The predicted octanol–water partition coefficient (Wildman–Crippen LogP) is 5.70. The van der Waals surface area contributed by atoms with Gasteiger partial charge in [-0.1, -0.05) is 17.7 Å². The summed E-state index contributed by atoms with van der Waals surface area (Å²) in [6.07, 6.45) is 5.52. The summed E-state index contributed by atoms with van der Waals surface area (Å²) in [7, 11) is 0. The first-order chi connectivity index (χ1) is 15.7. The van der Waals surface area contributed by atoms with Crippen LogP contribution in [0.3, 0.4) is 0 Å². The fraction of sp³-hybridized carbons (Fsp3) is 0.200. The van der Waals surface area contributed by atoms with Crippen LogP contribution in [0.4, 0.5) is 10.1 Å². The highest BCUT2D eigenvalue weighted by molar-refractivity contribution is 6.34. The minimum Gasteiger partial charge on any atom is -0.382 e. The van der Waals surface area contributed by atoms with Crippen LogP contribution in [0.25, 0.3) is 22.0 Å². The molecule has 0 radical (unpaired) electrons. The Morgan fingerprint density at radius 3 is 2.45 bits per heavy atom. The number of fused-ring (bicyclic) bond motifs is 1. The molecule has 8 heteroatoms. The molecule has 4 rings (SSSR count). The maximum absolute atomic E-state index is 14.4. The zero-order chi connectivity index (χ0) is 23.8. The number of rotatable bonds is 6. The van der Waals surface area contributed by atoms with Crippen molar-refractivity contribution in [3.05, 3.63) is 82.8 Å². The number of nitrogens with one attached hydrogen (secondary N) is 1. The summed E-state index contributed by atoms with van der Waals surface area (Å²) in [6, 6.07) is 9.42. The van der Waals surface area contributed by atoms with Gasteiger partial charge in [-0.3, -0.25) is 9.78 Å². The van der Waals surface area contributed by atoms with Gasteiger partial charge >= 0.3 is 0 Å². The third kappa shape index (κ3) is 4.69. The number of carbonyl (C=O) groups excluding carboxylic acids is 1. The van der Waals surface area contributed by atoms with Crippen molar-refractivity contribution in [3.63, 3.8) is 0 Å². The van der Waals surface area contributed by atoms with Crippen molar-refractivity contribution in [1.82, 2.24) is 15.0 Å². The highest BCUT2D eigenvalue weighted by Crippen LogP contribution is 2.35. The quantitative estimate of drug-likeness (QED) is 0.356. The molecule has 2 aromatic carbocycles. The Hall–Kier alpha value is -3.42. The summed E-state index contributed by atoms with van der Waals surface area (Å²) >= 11 is 6.48. The van der Waals surface area contributed by atoms with Gasteiger partial charge < -0.3 is 10.4 Å². The lowest BCUT2D eigenvalue weighted by Gasteiger charge is -2.19. The molecule has 6 nitrogen and oxygen atoms in total. The number of aldehydes is 1. The third-order valence-corrected chi connectivity index (χ3v) is 5.62. The molecule has 0 aliphatic carbocycles. The van der Waals surface area contributed by atoms with Gasteiger partial charge in [0.1, 0.15) is 17.7 Å². The summed E-state index contributed by atoms with van der Waals surface area (Å²) in [5.41, 5.74) is 2.50. The first-order valence-electron chi connectivity index (χ1n) is 10.3. The normalized spacial score (nSPS) is 12.5. The van der Waals surface area contributed by atoms with Crippen LogP contribution >= 0.6 is 11.6 Å². The second-order valence-corrected chi connectivity index (χ2v) is 8.74. The Morgan fingerprint density at radius 2 is 1.79 bits per heavy atom. The standard InChI is InChI=1S/C25H22ClFN4O2/c1-14(18-8-15(13-32)4-6-21(18)27)31-23-19-9-16(5-7-22(19)28-12-20(23)26)17-10-29-24(30-11-17)25(2,3)33/h4-14,33H,1-3H3,(H,28,31). The van der Waals surface area contributed by atoms with Crippen molar-refractivity contribution in [2.75, 3.05) is 5.32 Å². The fourth-order valence-corrected chi connectivity index (χ4v) is 3.75. The van der Waals surface area contributed by atoms with Crippen LogP contribution in [0, 0.1) is 5.82 Å². The highest BCUT2D eigenvalue weighted by Gasteiger charge is 2.20. The van der Waals surface area contributed by atoms with E-state index in [0.29, 0.717) is 39.5 Å². The number of nitrogens with zero attached hydrogens (tertiary/aromatic N) is 3. The highest BCUT2D eigenvalue weighted by atomic mass is 35.5. The van der Waals surface area contributed by atoms with E-state index < -0.39 is 17.5 Å². The zero-order valence-electron chi connectivity index (χ0n) is 18.3. The van der Waals surface area contributed by atoms with Crippen LogP contribution < -0.4 is 5.32 Å². The molecule has 0 aliphatic heterocycles. The number of hydrogen-bond donors (Lipinski definition) is 2. The molecule has 0 fully saturated rings. The molecule has 2 aromatic heterocycles. The summed E-state index contributed by atoms with van der Waals surface area (Å²) in [5.74, 6) is -0.0904. The van der Waals surface area contributed by atoms with Crippen molar-refractivity contribution in [2.24, 2.45) is 0 Å². The van der Waals surface area contributed by atoms with E-state index in [1.807, 2.05) is 18.2 Å². The van der Waals surface area contributed by atoms with Crippen LogP contribution in [0.1, 0.15) is 48.6 Å². The van der Waals surface area contributed by atoms with Gasteiger partial charge in [0.2, 0.25) is 0 Å². The van der Waals surface area contributed by atoms with Crippen LogP contribution in [0.15, 0.2) is 55.0 Å². The molecule has 0 amide bonds. The zero-order valence-corrected chi connectivity index (χ0v) is 19.1. The van der Waals surface area contributed by atoms with Crippen molar-refractivity contribution < 1.29 is 14.3 Å². The van der Waals surface area contributed by atoms with E-state index in [9.17, 15) is 14.3 Å². The average Bonchev–Trinajstić information content (AvgIpc) is 2.80. The van der Waals surface area contributed by atoms with Gasteiger partial charge in [-0.05, 0) is 56.7 Å². The Balaban J connectivity index is 1.74. The Bertz CT molecular complexity index is 1340. The Labute approximate surface area is 195 Å². The summed E-state index contributed by atoms with van der Waals surface area (Å²) in [5, 5.41) is 14.5. The molecular formula is C25H22ClFN4O2. The molecule has 4 aromatic rings. The first-order valence-corrected chi connectivity index (χ1v) is 10.7. The largest absolute Gasteiger partial charge is 0.382 e. The van der Waals surface area contributed by atoms with Crippen LogP contribution in [0.2, 0.25) is 5.02 Å². The number of anilines is 1. The molecule has 0 saturated carbocycles. The second kappa shape index (κ2) is 8.84. The van der Waals surface area contributed by atoms with Gasteiger partial charge in [0.05, 0.1) is 22.3 Å². The number of pyridine rings is 1. The van der Waals surface area contributed by atoms with Gasteiger partial charge in [-0.15, -0.1) is 0 Å².